The predicted octanol–water partition coefficient (Wildman–Crippen LogP) is 4.61. The van der Waals surface area contributed by atoms with Gasteiger partial charge in [-0.05, 0) is 60.7 Å². The molecule has 6 nitrogen and oxygen atoms in total. The number of ether oxygens (including phenoxy) is 1. The summed E-state index contributed by atoms with van der Waals surface area (Å²) in [7, 11) is 1.59. The number of carbonyl (C=O) groups is 2. The van der Waals surface area contributed by atoms with Crippen LogP contribution in [0.1, 0.15) is 34.3 Å². The maximum Gasteiger partial charge on any atom is 0.320 e. The summed E-state index contributed by atoms with van der Waals surface area (Å²) >= 11 is 0. The number of anilines is 1. The van der Waals surface area contributed by atoms with Crippen molar-refractivity contribution in [2.24, 2.45) is 0 Å². The molecule has 174 valence electrons. The Morgan fingerprint density at radius 1 is 1.03 bits per heavy atom. The Balaban J connectivity index is 1.40. The molecule has 0 radical (unpaired) electrons. The van der Waals surface area contributed by atoms with Gasteiger partial charge < -0.3 is 14.7 Å². The molecule has 3 aromatic carbocycles. The van der Waals surface area contributed by atoms with Gasteiger partial charge in [0.1, 0.15) is 11.8 Å². The molecule has 1 saturated heterocycles. The topological polar surface area (TPSA) is 70.1 Å². The first kappa shape index (κ1) is 22.2. The Kier molecular flexibility index (Phi) is 6.07. The lowest BCUT2D eigenvalue weighted by Crippen LogP contribution is -2.35. The van der Waals surface area contributed by atoms with Gasteiger partial charge >= 0.3 is 5.97 Å². The third-order valence-electron chi connectivity index (χ3n) is 6.91. The van der Waals surface area contributed by atoms with Gasteiger partial charge in [0, 0.05) is 29.9 Å². The van der Waals surface area contributed by atoms with Crippen molar-refractivity contribution in [2.45, 2.75) is 31.8 Å². The zero-order valence-electron chi connectivity index (χ0n) is 19.2. The molecule has 2 aliphatic rings. The van der Waals surface area contributed by atoms with Gasteiger partial charge in [0.2, 0.25) is 0 Å². The van der Waals surface area contributed by atoms with E-state index in [0.717, 1.165) is 36.2 Å². The summed E-state index contributed by atoms with van der Waals surface area (Å²) in [4.78, 5) is 28.9. The second kappa shape index (κ2) is 9.31. The number of likely N-dealkylation sites (tertiary alicyclic amines) is 1. The van der Waals surface area contributed by atoms with E-state index in [-0.39, 0.29) is 5.91 Å². The Bertz CT molecular complexity index is 1220. The number of hydrogen-bond donors (Lipinski definition) is 1. The number of amides is 1. The molecule has 0 unspecified atom stereocenters. The molecule has 1 N–H and O–H groups in total. The molecule has 1 atom stereocenters. The highest BCUT2D eigenvalue weighted by Crippen LogP contribution is 2.37. The number of aliphatic carboxylic acids is 1. The largest absolute Gasteiger partial charge is 0.496 e. The molecule has 34 heavy (non-hydrogen) atoms. The lowest BCUT2D eigenvalue weighted by Gasteiger charge is -2.23. The lowest BCUT2D eigenvalue weighted by atomic mass is 9.98. The standard InChI is InChI=1S/C28H28N2O4/c1-34-26-17-20(12-13-21(26)18-29-15-6-11-25(29)28(32)33)27(31)30-16-14-23-22(9-5-10-24(23)30)19-7-3-2-4-8-19/h2-5,7-10,12-13,17,25H,6,11,14-16,18H2,1H3,(H,32,33)/t25-/m0/s1. The molecule has 2 heterocycles. The first-order valence-electron chi connectivity index (χ1n) is 11.7. The van der Waals surface area contributed by atoms with Crippen LogP contribution < -0.4 is 9.64 Å². The first-order chi connectivity index (χ1) is 16.6. The summed E-state index contributed by atoms with van der Waals surface area (Å²) in [6.45, 7) is 1.87. The summed E-state index contributed by atoms with van der Waals surface area (Å²) in [5.74, 6) is -0.233. The van der Waals surface area contributed by atoms with Crippen LogP contribution in [0.2, 0.25) is 0 Å². The van der Waals surface area contributed by atoms with Crippen molar-refractivity contribution in [3.63, 3.8) is 0 Å². The average Bonchev–Trinajstić information content (AvgIpc) is 3.51. The zero-order chi connectivity index (χ0) is 23.7. The Morgan fingerprint density at radius 2 is 1.85 bits per heavy atom. The summed E-state index contributed by atoms with van der Waals surface area (Å²) in [5.41, 5.74) is 5.92. The van der Waals surface area contributed by atoms with Crippen molar-refractivity contribution in [1.82, 2.24) is 4.90 Å². The maximum absolute atomic E-state index is 13.5. The van der Waals surface area contributed by atoms with Crippen LogP contribution in [0.25, 0.3) is 11.1 Å². The number of carbonyl (C=O) groups excluding carboxylic acids is 1. The minimum absolute atomic E-state index is 0.0570. The Hall–Kier alpha value is -3.64. The monoisotopic (exact) mass is 456 g/mol. The van der Waals surface area contributed by atoms with Gasteiger partial charge in [-0.15, -0.1) is 0 Å². The zero-order valence-corrected chi connectivity index (χ0v) is 19.2. The second-order valence-corrected chi connectivity index (χ2v) is 8.87. The summed E-state index contributed by atoms with van der Waals surface area (Å²) < 4.78 is 5.61. The number of fused-ring (bicyclic) bond motifs is 1. The van der Waals surface area contributed by atoms with Gasteiger partial charge in [-0.2, -0.15) is 0 Å². The van der Waals surface area contributed by atoms with Crippen molar-refractivity contribution >= 4 is 17.6 Å². The number of carboxylic acid groups (broad SMARTS) is 1. The van der Waals surface area contributed by atoms with Gasteiger partial charge in [0.05, 0.1) is 7.11 Å². The molecule has 0 aliphatic carbocycles. The summed E-state index contributed by atoms with van der Waals surface area (Å²) in [6, 6.07) is 21.4. The van der Waals surface area contributed by atoms with E-state index in [1.807, 2.05) is 52.3 Å². The molecule has 0 saturated carbocycles. The molecule has 1 amide bonds. The highest BCUT2D eigenvalue weighted by molar-refractivity contribution is 6.08. The fourth-order valence-electron chi connectivity index (χ4n) is 5.21. The van der Waals surface area contributed by atoms with Gasteiger partial charge in [-0.3, -0.25) is 14.5 Å². The molecule has 0 aromatic heterocycles. The van der Waals surface area contributed by atoms with Crippen LogP contribution in [0.5, 0.6) is 5.75 Å². The van der Waals surface area contributed by atoms with Crippen molar-refractivity contribution in [2.75, 3.05) is 25.1 Å². The van der Waals surface area contributed by atoms with Crippen molar-refractivity contribution in [3.8, 4) is 16.9 Å². The average molecular weight is 457 g/mol. The summed E-state index contributed by atoms with van der Waals surface area (Å²) in [6.07, 6.45) is 2.34. The van der Waals surface area contributed by atoms with Crippen LogP contribution >= 0.6 is 0 Å². The Labute approximate surface area is 199 Å². The van der Waals surface area contributed by atoms with E-state index in [1.54, 1.807) is 13.2 Å². The SMILES string of the molecule is COc1cc(C(=O)N2CCc3c(-c4ccccc4)cccc32)ccc1CN1CCC[C@H]1C(=O)O. The van der Waals surface area contributed by atoms with Crippen LogP contribution in [0, 0.1) is 0 Å². The van der Waals surface area contributed by atoms with Crippen LogP contribution in [-0.4, -0.2) is 48.1 Å². The van der Waals surface area contributed by atoms with Crippen LogP contribution in [0.4, 0.5) is 5.69 Å². The van der Waals surface area contributed by atoms with E-state index in [4.69, 9.17) is 4.74 Å². The highest BCUT2D eigenvalue weighted by Gasteiger charge is 2.32. The van der Waals surface area contributed by atoms with E-state index < -0.39 is 12.0 Å². The van der Waals surface area contributed by atoms with Crippen molar-refractivity contribution in [1.29, 1.82) is 0 Å². The van der Waals surface area contributed by atoms with Gasteiger partial charge in [0.25, 0.3) is 5.91 Å². The molecule has 6 heteroatoms. The lowest BCUT2D eigenvalue weighted by molar-refractivity contribution is -0.142. The van der Waals surface area contributed by atoms with Gasteiger partial charge in [-0.25, -0.2) is 0 Å². The first-order valence-corrected chi connectivity index (χ1v) is 11.7. The maximum atomic E-state index is 13.5. The van der Waals surface area contributed by atoms with E-state index in [0.29, 0.717) is 30.8 Å². The molecule has 0 bridgehead atoms. The van der Waals surface area contributed by atoms with E-state index in [1.165, 1.54) is 11.1 Å². The fraction of sp³-hybridized carbons (Fsp3) is 0.286. The van der Waals surface area contributed by atoms with Crippen LogP contribution in [0.3, 0.4) is 0 Å². The number of nitrogens with zero attached hydrogens (tertiary/aromatic N) is 2. The smallest absolute Gasteiger partial charge is 0.320 e. The molecule has 3 aromatic rings. The minimum Gasteiger partial charge on any atom is -0.496 e. The van der Waals surface area contributed by atoms with Gasteiger partial charge in [0.15, 0.2) is 0 Å². The molecule has 0 spiro atoms. The number of benzene rings is 3. The molecule has 5 rings (SSSR count). The van der Waals surface area contributed by atoms with Gasteiger partial charge in [-0.1, -0.05) is 48.5 Å². The van der Waals surface area contributed by atoms with Crippen molar-refractivity contribution < 1.29 is 19.4 Å². The molecular formula is C28H28N2O4. The van der Waals surface area contributed by atoms with E-state index in [9.17, 15) is 14.7 Å². The number of carboxylic acids is 1. The minimum atomic E-state index is -0.786. The number of hydrogen-bond acceptors (Lipinski definition) is 4. The highest BCUT2D eigenvalue weighted by atomic mass is 16.5. The molecule has 2 aliphatic heterocycles. The molecule has 1 fully saturated rings. The van der Waals surface area contributed by atoms with E-state index >= 15 is 0 Å². The fourth-order valence-corrected chi connectivity index (χ4v) is 5.21. The van der Waals surface area contributed by atoms with Crippen LogP contribution in [0.15, 0.2) is 66.7 Å². The molecular weight excluding hydrogens is 428 g/mol. The number of methoxy groups -OCH3 is 1. The van der Waals surface area contributed by atoms with Crippen LogP contribution in [-0.2, 0) is 17.8 Å². The van der Waals surface area contributed by atoms with Crippen molar-refractivity contribution in [3.05, 3.63) is 83.4 Å². The second-order valence-electron chi connectivity index (χ2n) is 8.87. The number of rotatable bonds is 6. The quantitative estimate of drug-likeness (QED) is 0.586. The van der Waals surface area contributed by atoms with E-state index in [2.05, 4.69) is 18.2 Å². The summed E-state index contributed by atoms with van der Waals surface area (Å²) in [5, 5.41) is 9.48. The third kappa shape index (κ3) is 4.05. The third-order valence-corrected chi connectivity index (χ3v) is 6.91. The normalized spacial score (nSPS) is 17.6. The Morgan fingerprint density at radius 3 is 2.62 bits per heavy atom. The predicted molar refractivity (Wildman–Crippen MR) is 131 cm³/mol.